The summed E-state index contributed by atoms with van der Waals surface area (Å²) in [4.78, 5) is 10.3. The summed E-state index contributed by atoms with van der Waals surface area (Å²) in [7, 11) is 1.94. The zero-order valence-corrected chi connectivity index (χ0v) is 10.0. The summed E-state index contributed by atoms with van der Waals surface area (Å²) in [6.07, 6.45) is 5.06. The minimum atomic E-state index is 0.244. The molecule has 0 aliphatic heterocycles. The van der Waals surface area contributed by atoms with E-state index in [0.717, 1.165) is 18.8 Å². The predicted molar refractivity (Wildman–Crippen MR) is 59.2 cm³/mol. The summed E-state index contributed by atoms with van der Waals surface area (Å²) in [6.45, 7) is 7.83. The number of aryl methyl sites for hydroxylation is 2. The molecule has 0 aliphatic rings. The maximum Gasteiger partial charge on any atom is 0.281 e. The molecule has 0 spiro atoms. The van der Waals surface area contributed by atoms with E-state index in [-0.39, 0.29) is 6.54 Å². The van der Waals surface area contributed by atoms with E-state index in [1.165, 1.54) is 0 Å². The van der Waals surface area contributed by atoms with E-state index in [0.29, 0.717) is 5.41 Å². The molecule has 0 N–H and O–H groups in total. The van der Waals surface area contributed by atoms with E-state index in [9.17, 15) is 4.91 Å². The number of nitrogens with zero attached hydrogens (tertiary/aromatic N) is 3. The Balaban J connectivity index is 2.72. The summed E-state index contributed by atoms with van der Waals surface area (Å²) in [6, 6.07) is 0. The van der Waals surface area contributed by atoms with E-state index >= 15 is 0 Å². The van der Waals surface area contributed by atoms with Crippen LogP contribution < -0.4 is 4.57 Å². The topological polar surface area (TPSA) is 38.2 Å². The SMILES string of the molecule is C[n+]1ccn(CCC(C)(C)C)c1CN=O. The Labute approximate surface area is 90.9 Å². The second-order valence-electron chi connectivity index (χ2n) is 5.12. The van der Waals surface area contributed by atoms with Gasteiger partial charge in [0.05, 0.1) is 13.6 Å². The average molecular weight is 210 g/mol. The molecule has 0 bridgehead atoms. The lowest BCUT2D eigenvalue weighted by Crippen LogP contribution is -2.32. The molecule has 4 heteroatoms. The van der Waals surface area contributed by atoms with Crippen molar-refractivity contribution in [2.24, 2.45) is 17.6 Å². The quantitative estimate of drug-likeness (QED) is 0.553. The Kier molecular flexibility index (Phi) is 3.61. The normalized spacial score (nSPS) is 11.7. The Morgan fingerprint density at radius 2 is 2.13 bits per heavy atom. The van der Waals surface area contributed by atoms with Gasteiger partial charge in [0.15, 0.2) is 6.54 Å². The molecular formula is C11H20N3O+. The van der Waals surface area contributed by atoms with Crippen LogP contribution in [0, 0.1) is 10.3 Å². The van der Waals surface area contributed by atoms with Gasteiger partial charge in [-0.15, -0.1) is 0 Å². The van der Waals surface area contributed by atoms with Crippen LogP contribution in [-0.2, 0) is 20.1 Å². The van der Waals surface area contributed by atoms with Gasteiger partial charge in [0.2, 0.25) is 0 Å². The van der Waals surface area contributed by atoms with Gasteiger partial charge >= 0.3 is 0 Å². The van der Waals surface area contributed by atoms with Gasteiger partial charge in [0, 0.05) is 0 Å². The zero-order chi connectivity index (χ0) is 11.5. The number of rotatable bonds is 4. The summed E-state index contributed by atoms with van der Waals surface area (Å²) in [5.74, 6) is 0.967. The summed E-state index contributed by atoms with van der Waals surface area (Å²) >= 11 is 0. The first-order chi connectivity index (χ1) is 6.94. The van der Waals surface area contributed by atoms with Crippen molar-refractivity contribution in [1.82, 2.24) is 4.57 Å². The van der Waals surface area contributed by atoms with Gasteiger partial charge in [0.25, 0.3) is 5.82 Å². The predicted octanol–water partition coefficient (Wildman–Crippen LogP) is 2.02. The lowest BCUT2D eigenvalue weighted by Gasteiger charge is -2.16. The molecule has 1 aromatic heterocycles. The van der Waals surface area contributed by atoms with E-state index < -0.39 is 0 Å². The molecule has 0 aromatic carbocycles. The monoisotopic (exact) mass is 210 g/mol. The molecule has 1 aromatic rings. The molecule has 4 nitrogen and oxygen atoms in total. The number of imidazole rings is 1. The van der Waals surface area contributed by atoms with Gasteiger partial charge in [-0.3, -0.25) is 0 Å². The van der Waals surface area contributed by atoms with Crippen LogP contribution in [0.25, 0.3) is 0 Å². The first kappa shape index (κ1) is 11.9. The minimum Gasteiger partial charge on any atom is -0.235 e. The zero-order valence-electron chi connectivity index (χ0n) is 10.0. The molecule has 0 saturated heterocycles. The van der Waals surface area contributed by atoms with Crippen LogP contribution in [0.3, 0.4) is 0 Å². The van der Waals surface area contributed by atoms with Crippen molar-refractivity contribution in [2.45, 2.75) is 40.3 Å². The third-order valence-electron chi connectivity index (χ3n) is 2.52. The van der Waals surface area contributed by atoms with E-state index in [4.69, 9.17) is 0 Å². The highest BCUT2D eigenvalue weighted by Gasteiger charge is 2.17. The van der Waals surface area contributed by atoms with Crippen molar-refractivity contribution in [1.29, 1.82) is 0 Å². The van der Waals surface area contributed by atoms with Crippen molar-refractivity contribution < 1.29 is 4.57 Å². The largest absolute Gasteiger partial charge is 0.281 e. The first-order valence-electron chi connectivity index (χ1n) is 5.27. The van der Waals surface area contributed by atoms with Crippen LogP contribution in [0.15, 0.2) is 17.6 Å². The molecule has 1 rings (SSSR count). The van der Waals surface area contributed by atoms with Crippen LogP contribution >= 0.6 is 0 Å². The van der Waals surface area contributed by atoms with Crippen LogP contribution in [0.5, 0.6) is 0 Å². The highest BCUT2D eigenvalue weighted by Crippen LogP contribution is 2.19. The fourth-order valence-corrected chi connectivity index (χ4v) is 1.47. The van der Waals surface area contributed by atoms with Gasteiger partial charge in [-0.1, -0.05) is 25.9 Å². The van der Waals surface area contributed by atoms with E-state index in [2.05, 4.69) is 30.5 Å². The standard InChI is InChI=1S/C11H20N3O/c1-11(2,3)5-6-14-8-7-13(4)10(14)9-12-15/h7-8H,5-6,9H2,1-4H3/q+1. The average Bonchev–Trinajstić information content (AvgIpc) is 2.45. The Morgan fingerprint density at radius 3 is 2.67 bits per heavy atom. The molecule has 0 unspecified atom stereocenters. The van der Waals surface area contributed by atoms with Crippen molar-refractivity contribution in [3.05, 3.63) is 23.1 Å². The molecule has 0 radical (unpaired) electrons. The minimum absolute atomic E-state index is 0.244. The number of hydrogen-bond acceptors (Lipinski definition) is 2. The summed E-state index contributed by atoms with van der Waals surface area (Å²) < 4.78 is 4.05. The van der Waals surface area contributed by atoms with Gasteiger partial charge in [0.1, 0.15) is 12.4 Å². The van der Waals surface area contributed by atoms with E-state index in [1.54, 1.807) is 0 Å². The van der Waals surface area contributed by atoms with Crippen LogP contribution in [0.4, 0.5) is 0 Å². The molecule has 0 aliphatic carbocycles. The molecule has 0 fully saturated rings. The van der Waals surface area contributed by atoms with Gasteiger partial charge in [-0.2, -0.15) is 4.91 Å². The van der Waals surface area contributed by atoms with Crippen molar-refractivity contribution >= 4 is 0 Å². The lowest BCUT2D eigenvalue weighted by molar-refractivity contribution is -0.678. The van der Waals surface area contributed by atoms with Crippen molar-refractivity contribution in [2.75, 3.05) is 0 Å². The highest BCUT2D eigenvalue weighted by atomic mass is 16.3. The first-order valence-corrected chi connectivity index (χ1v) is 5.27. The van der Waals surface area contributed by atoms with Crippen LogP contribution in [0.1, 0.15) is 33.0 Å². The number of aromatic nitrogens is 2. The molecule has 0 atom stereocenters. The molecule has 1 heterocycles. The van der Waals surface area contributed by atoms with Crippen LogP contribution in [-0.4, -0.2) is 4.57 Å². The van der Waals surface area contributed by atoms with Crippen molar-refractivity contribution in [3.63, 3.8) is 0 Å². The second kappa shape index (κ2) is 4.55. The Bertz CT molecular complexity index is 336. The van der Waals surface area contributed by atoms with Crippen LogP contribution in [0.2, 0.25) is 0 Å². The molecule has 0 saturated carbocycles. The molecule has 84 valence electrons. The third-order valence-corrected chi connectivity index (χ3v) is 2.52. The Hall–Kier alpha value is -1.19. The Morgan fingerprint density at radius 1 is 1.47 bits per heavy atom. The second-order valence-corrected chi connectivity index (χ2v) is 5.12. The lowest BCUT2D eigenvalue weighted by atomic mass is 9.92. The van der Waals surface area contributed by atoms with Gasteiger partial charge in [-0.25, -0.2) is 9.13 Å². The smallest absolute Gasteiger partial charge is 0.235 e. The summed E-state index contributed by atoms with van der Waals surface area (Å²) in [5, 5.41) is 2.95. The van der Waals surface area contributed by atoms with Gasteiger partial charge < -0.3 is 0 Å². The molecule has 15 heavy (non-hydrogen) atoms. The number of nitroso groups, excluding NO2 is 1. The summed E-state index contributed by atoms with van der Waals surface area (Å²) in [5.41, 5.74) is 0.314. The molecule has 0 amide bonds. The molecular weight excluding hydrogens is 190 g/mol. The maximum absolute atomic E-state index is 10.3. The fourth-order valence-electron chi connectivity index (χ4n) is 1.47. The fraction of sp³-hybridized carbons (Fsp3) is 0.727. The third kappa shape index (κ3) is 3.46. The van der Waals surface area contributed by atoms with Gasteiger partial charge in [-0.05, 0) is 11.8 Å². The maximum atomic E-state index is 10.3. The van der Waals surface area contributed by atoms with E-state index in [1.807, 2.05) is 24.0 Å². The highest BCUT2D eigenvalue weighted by molar-refractivity contribution is 4.83. The van der Waals surface area contributed by atoms with Crippen molar-refractivity contribution in [3.8, 4) is 0 Å². The number of hydrogen-bond donors (Lipinski definition) is 0.